The third-order valence-electron chi connectivity index (χ3n) is 5.83. The number of anilines is 2. The second kappa shape index (κ2) is 9.33. The number of ether oxygens (including phenoxy) is 1. The Bertz CT molecular complexity index is 1080. The first kappa shape index (κ1) is 21.1. The van der Waals surface area contributed by atoms with Gasteiger partial charge in [-0.1, -0.05) is 25.1 Å². The van der Waals surface area contributed by atoms with Gasteiger partial charge in [0.05, 0.1) is 23.6 Å². The summed E-state index contributed by atoms with van der Waals surface area (Å²) in [6.45, 7) is 8.23. The zero-order valence-electron chi connectivity index (χ0n) is 18.5. The van der Waals surface area contributed by atoms with Gasteiger partial charge in [0.25, 0.3) is 5.88 Å². The quantitative estimate of drug-likeness (QED) is 0.617. The van der Waals surface area contributed by atoms with E-state index in [1.165, 1.54) is 11.1 Å². The standard InChI is InChI=1S/C25H30N4O2/c1-4-14-31-25-23(27-21-9-5-6-10-22(21)28-25)29-13-7-8-19(16-29)24(30)26-20-12-11-17(2)18(3)15-20/h5-6,9-12,15,19H,4,7-8,13-14,16H2,1-3H3,(H,26,30)/t19-/m0/s1. The van der Waals surface area contributed by atoms with Crippen LogP contribution >= 0.6 is 0 Å². The predicted octanol–water partition coefficient (Wildman–Crippen LogP) is 4.89. The van der Waals surface area contributed by atoms with Crippen molar-refractivity contribution in [3.05, 3.63) is 53.6 Å². The topological polar surface area (TPSA) is 67.4 Å². The number of hydrogen-bond donors (Lipinski definition) is 1. The number of benzene rings is 2. The number of carbonyl (C=O) groups is 1. The number of rotatable bonds is 6. The summed E-state index contributed by atoms with van der Waals surface area (Å²) in [4.78, 5) is 24.7. The third-order valence-corrected chi connectivity index (χ3v) is 5.83. The van der Waals surface area contributed by atoms with Crippen LogP contribution in [0, 0.1) is 19.8 Å². The van der Waals surface area contributed by atoms with Crippen LogP contribution in [0.3, 0.4) is 0 Å². The normalized spacial score (nSPS) is 16.4. The van der Waals surface area contributed by atoms with Crippen molar-refractivity contribution in [1.82, 2.24) is 9.97 Å². The summed E-state index contributed by atoms with van der Waals surface area (Å²) < 4.78 is 5.95. The summed E-state index contributed by atoms with van der Waals surface area (Å²) >= 11 is 0. The molecule has 2 aromatic carbocycles. The molecule has 6 nitrogen and oxygen atoms in total. The predicted molar refractivity (Wildman–Crippen MR) is 125 cm³/mol. The molecule has 6 heteroatoms. The minimum absolute atomic E-state index is 0.0535. The summed E-state index contributed by atoms with van der Waals surface area (Å²) in [7, 11) is 0. The van der Waals surface area contributed by atoms with Crippen LogP contribution < -0.4 is 15.0 Å². The summed E-state index contributed by atoms with van der Waals surface area (Å²) in [6.07, 6.45) is 2.68. The van der Waals surface area contributed by atoms with Crippen LogP contribution in [0.4, 0.5) is 11.5 Å². The minimum Gasteiger partial charge on any atom is -0.475 e. The molecule has 0 aliphatic carbocycles. The lowest BCUT2D eigenvalue weighted by atomic mass is 9.97. The van der Waals surface area contributed by atoms with Gasteiger partial charge in [0, 0.05) is 18.8 Å². The van der Waals surface area contributed by atoms with E-state index in [4.69, 9.17) is 14.7 Å². The van der Waals surface area contributed by atoms with Crippen molar-refractivity contribution in [1.29, 1.82) is 0 Å². The Kier molecular flexibility index (Phi) is 6.35. The lowest BCUT2D eigenvalue weighted by molar-refractivity contribution is -0.120. The Morgan fingerprint density at radius 2 is 1.90 bits per heavy atom. The Hall–Kier alpha value is -3.15. The highest BCUT2D eigenvalue weighted by Gasteiger charge is 2.29. The molecular formula is C25H30N4O2. The molecule has 0 radical (unpaired) electrons. The lowest BCUT2D eigenvalue weighted by Gasteiger charge is -2.33. The monoisotopic (exact) mass is 418 g/mol. The molecule has 4 rings (SSSR count). The first-order valence-electron chi connectivity index (χ1n) is 11.1. The van der Waals surface area contributed by atoms with Crippen LogP contribution in [0.25, 0.3) is 11.0 Å². The molecule has 1 aliphatic rings. The second-order valence-corrected chi connectivity index (χ2v) is 8.26. The van der Waals surface area contributed by atoms with Crippen LogP contribution in [0.1, 0.15) is 37.3 Å². The zero-order valence-corrected chi connectivity index (χ0v) is 18.5. The number of nitrogens with zero attached hydrogens (tertiary/aromatic N) is 3. The summed E-state index contributed by atoms with van der Waals surface area (Å²) in [5, 5.41) is 3.10. The van der Waals surface area contributed by atoms with Gasteiger partial charge in [0.2, 0.25) is 5.91 Å². The van der Waals surface area contributed by atoms with Gasteiger partial charge in [0.1, 0.15) is 0 Å². The molecule has 1 fully saturated rings. The maximum Gasteiger partial charge on any atom is 0.258 e. The SMILES string of the molecule is CCCOc1nc2ccccc2nc1N1CCC[C@H](C(=O)Nc2ccc(C)c(C)c2)C1. The van der Waals surface area contributed by atoms with E-state index in [9.17, 15) is 4.79 Å². The van der Waals surface area contributed by atoms with E-state index < -0.39 is 0 Å². The number of hydrogen-bond acceptors (Lipinski definition) is 5. The van der Waals surface area contributed by atoms with Gasteiger partial charge < -0.3 is 15.0 Å². The number of aromatic nitrogens is 2. The van der Waals surface area contributed by atoms with Gasteiger partial charge in [-0.2, -0.15) is 0 Å². The van der Waals surface area contributed by atoms with Crippen LogP contribution in [0.5, 0.6) is 5.88 Å². The van der Waals surface area contributed by atoms with Crippen molar-refractivity contribution in [2.45, 2.75) is 40.0 Å². The van der Waals surface area contributed by atoms with E-state index in [2.05, 4.69) is 31.0 Å². The molecule has 1 N–H and O–H groups in total. The summed E-state index contributed by atoms with van der Waals surface area (Å²) in [6, 6.07) is 13.9. The summed E-state index contributed by atoms with van der Waals surface area (Å²) in [5.41, 5.74) is 4.90. The van der Waals surface area contributed by atoms with E-state index in [0.717, 1.165) is 48.3 Å². The van der Waals surface area contributed by atoms with Gasteiger partial charge >= 0.3 is 0 Å². The fourth-order valence-corrected chi connectivity index (χ4v) is 3.92. The van der Waals surface area contributed by atoms with Crippen molar-refractivity contribution in [2.24, 2.45) is 5.92 Å². The highest BCUT2D eigenvalue weighted by molar-refractivity contribution is 5.93. The van der Waals surface area contributed by atoms with Gasteiger partial charge in [-0.25, -0.2) is 9.97 Å². The van der Waals surface area contributed by atoms with Crippen LogP contribution in [0.15, 0.2) is 42.5 Å². The molecule has 1 atom stereocenters. The molecule has 1 saturated heterocycles. The number of piperidine rings is 1. The third kappa shape index (κ3) is 4.79. The molecule has 1 aromatic heterocycles. The number of fused-ring (bicyclic) bond motifs is 1. The van der Waals surface area contributed by atoms with Crippen molar-refractivity contribution in [2.75, 3.05) is 29.9 Å². The van der Waals surface area contributed by atoms with Crippen LogP contribution in [-0.2, 0) is 4.79 Å². The Morgan fingerprint density at radius 3 is 2.65 bits per heavy atom. The molecule has 0 unspecified atom stereocenters. The molecule has 0 spiro atoms. The van der Waals surface area contributed by atoms with Gasteiger partial charge in [-0.05, 0) is 68.5 Å². The van der Waals surface area contributed by atoms with E-state index in [0.29, 0.717) is 19.0 Å². The van der Waals surface area contributed by atoms with Crippen molar-refractivity contribution >= 4 is 28.4 Å². The van der Waals surface area contributed by atoms with E-state index in [1.54, 1.807) is 0 Å². The van der Waals surface area contributed by atoms with E-state index in [1.807, 2.05) is 42.5 Å². The Morgan fingerprint density at radius 1 is 1.13 bits per heavy atom. The van der Waals surface area contributed by atoms with Crippen LogP contribution in [-0.4, -0.2) is 35.6 Å². The van der Waals surface area contributed by atoms with Crippen LogP contribution in [0.2, 0.25) is 0 Å². The highest BCUT2D eigenvalue weighted by Crippen LogP contribution is 2.31. The van der Waals surface area contributed by atoms with Gasteiger partial charge in [-0.3, -0.25) is 4.79 Å². The van der Waals surface area contributed by atoms with Crippen molar-refractivity contribution in [3.63, 3.8) is 0 Å². The Balaban J connectivity index is 1.55. The maximum absolute atomic E-state index is 13.0. The minimum atomic E-state index is -0.109. The lowest BCUT2D eigenvalue weighted by Crippen LogP contribution is -2.41. The molecule has 0 saturated carbocycles. The molecule has 3 aromatic rings. The second-order valence-electron chi connectivity index (χ2n) is 8.26. The highest BCUT2D eigenvalue weighted by atomic mass is 16.5. The first-order valence-corrected chi connectivity index (χ1v) is 11.1. The fourth-order valence-electron chi connectivity index (χ4n) is 3.92. The number of nitrogens with one attached hydrogen (secondary N) is 1. The molecule has 1 aliphatic heterocycles. The van der Waals surface area contributed by atoms with Gasteiger partial charge in [0.15, 0.2) is 5.82 Å². The number of para-hydroxylation sites is 2. The maximum atomic E-state index is 13.0. The summed E-state index contributed by atoms with van der Waals surface area (Å²) in [5.74, 6) is 1.23. The molecule has 1 amide bonds. The number of carbonyl (C=O) groups excluding carboxylic acids is 1. The van der Waals surface area contributed by atoms with Crippen molar-refractivity contribution in [3.8, 4) is 5.88 Å². The fraction of sp³-hybridized carbons (Fsp3) is 0.400. The molecule has 31 heavy (non-hydrogen) atoms. The van der Waals surface area contributed by atoms with E-state index in [-0.39, 0.29) is 11.8 Å². The average molecular weight is 419 g/mol. The smallest absolute Gasteiger partial charge is 0.258 e. The molecule has 2 heterocycles. The number of amides is 1. The number of aryl methyl sites for hydroxylation is 2. The first-order chi connectivity index (χ1) is 15.0. The van der Waals surface area contributed by atoms with E-state index >= 15 is 0 Å². The van der Waals surface area contributed by atoms with Crippen molar-refractivity contribution < 1.29 is 9.53 Å². The zero-order chi connectivity index (χ0) is 21.8. The largest absolute Gasteiger partial charge is 0.475 e. The van der Waals surface area contributed by atoms with Gasteiger partial charge in [-0.15, -0.1) is 0 Å². The Labute approximate surface area is 183 Å². The molecule has 0 bridgehead atoms. The molecule has 162 valence electrons. The molecular weight excluding hydrogens is 388 g/mol. The average Bonchev–Trinajstić information content (AvgIpc) is 2.79.